The highest BCUT2D eigenvalue weighted by atomic mass is 15.5. The lowest BCUT2D eigenvalue weighted by atomic mass is 10.1. The van der Waals surface area contributed by atoms with E-state index in [9.17, 15) is 0 Å². The minimum atomic E-state index is 0.524. The second-order valence-corrected chi connectivity index (χ2v) is 4.71. The van der Waals surface area contributed by atoms with Crippen molar-refractivity contribution < 1.29 is 0 Å². The molecular formula is C12H16N6. The first-order valence-corrected chi connectivity index (χ1v) is 6.10. The smallest absolute Gasteiger partial charge is 0.204 e. The van der Waals surface area contributed by atoms with Crippen molar-refractivity contribution in [2.24, 2.45) is 0 Å². The van der Waals surface area contributed by atoms with Gasteiger partial charge in [-0.2, -0.15) is 5.21 Å². The van der Waals surface area contributed by atoms with Crippen LogP contribution < -0.4 is 5.32 Å². The number of nitrogens with zero attached hydrogens (tertiary/aromatic N) is 4. The molecule has 94 valence electrons. The summed E-state index contributed by atoms with van der Waals surface area (Å²) in [6.45, 7) is 2.24. The van der Waals surface area contributed by atoms with Crippen LogP contribution in [-0.4, -0.2) is 51.7 Å². The average Bonchev–Trinajstić information content (AvgIpc) is 3.01. The predicted octanol–water partition coefficient (Wildman–Crippen LogP) is 0.983. The van der Waals surface area contributed by atoms with E-state index in [0.29, 0.717) is 11.9 Å². The summed E-state index contributed by atoms with van der Waals surface area (Å²) < 4.78 is 0. The maximum absolute atomic E-state index is 3.99. The van der Waals surface area contributed by atoms with E-state index in [1.165, 1.54) is 6.42 Å². The highest BCUT2D eigenvalue weighted by molar-refractivity contribution is 5.61. The molecule has 0 saturated carbocycles. The first-order chi connectivity index (χ1) is 8.81. The van der Waals surface area contributed by atoms with Crippen LogP contribution in [0.3, 0.4) is 0 Å². The number of aromatic amines is 1. The Labute approximate surface area is 105 Å². The number of hydrogen-bond donors (Lipinski definition) is 2. The van der Waals surface area contributed by atoms with Crippen LogP contribution in [0.2, 0.25) is 0 Å². The Balaban J connectivity index is 1.75. The van der Waals surface area contributed by atoms with Gasteiger partial charge in [0.25, 0.3) is 0 Å². The third-order valence-corrected chi connectivity index (χ3v) is 3.23. The number of rotatable bonds is 3. The Morgan fingerprint density at radius 2 is 2.39 bits per heavy atom. The molecule has 0 aliphatic carbocycles. The molecule has 1 aromatic heterocycles. The number of tetrazole rings is 1. The van der Waals surface area contributed by atoms with Crippen LogP contribution in [0, 0.1) is 0 Å². The zero-order valence-corrected chi connectivity index (χ0v) is 10.3. The standard InChI is InChI=1S/C12H16N6/c1-18-6-5-11(8-18)13-10-4-2-3-9(7-10)12-14-16-17-15-12/h2-4,7,11,13H,5-6,8H2,1H3,(H,14,15,16,17). The summed E-state index contributed by atoms with van der Waals surface area (Å²) >= 11 is 0. The van der Waals surface area contributed by atoms with E-state index in [2.05, 4.69) is 50.0 Å². The lowest BCUT2D eigenvalue weighted by Crippen LogP contribution is -2.23. The largest absolute Gasteiger partial charge is 0.381 e. The third kappa shape index (κ3) is 2.33. The fraction of sp³-hybridized carbons (Fsp3) is 0.417. The molecule has 0 radical (unpaired) electrons. The fourth-order valence-corrected chi connectivity index (χ4v) is 2.32. The predicted molar refractivity (Wildman–Crippen MR) is 69.1 cm³/mol. The molecule has 3 rings (SSSR count). The molecule has 0 amide bonds. The Bertz CT molecular complexity index is 509. The number of benzene rings is 1. The zero-order chi connectivity index (χ0) is 12.4. The van der Waals surface area contributed by atoms with E-state index < -0.39 is 0 Å². The Kier molecular flexibility index (Phi) is 2.93. The van der Waals surface area contributed by atoms with Crippen molar-refractivity contribution >= 4 is 5.69 Å². The molecule has 2 aromatic rings. The summed E-state index contributed by atoms with van der Waals surface area (Å²) in [5.41, 5.74) is 2.08. The molecule has 1 fully saturated rings. The van der Waals surface area contributed by atoms with Gasteiger partial charge >= 0.3 is 0 Å². The Morgan fingerprint density at radius 3 is 3.11 bits per heavy atom. The van der Waals surface area contributed by atoms with Crippen molar-refractivity contribution in [2.45, 2.75) is 12.5 Å². The quantitative estimate of drug-likeness (QED) is 0.842. The second kappa shape index (κ2) is 4.73. The van der Waals surface area contributed by atoms with Gasteiger partial charge in [-0.3, -0.25) is 0 Å². The minimum Gasteiger partial charge on any atom is -0.381 e. The number of likely N-dealkylation sites (tertiary alicyclic amines) is 1. The topological polar surface area (TPSA) is 69.7 Å². The highest BCUT2D eigenvalue weighted by Crippen LogP contribution is 2.20. The van der Waals surface area contributed by atoms with Gasteiger partial charge in [0.1, 0.15) is 0 Å². The van der Waals surface area contributed by atoms with Crippen molar-refractivity contribution in [1.29, 1.82) is 0 Å². The molecule has 1 saturated heterocycles. The van der Waals surface area contributed by atoms with Gasteiger partial charge in [0, 0.05) is 23.8 Å². The van der Waals surface area contributed by atoms with Crippen LogP contribution in [0.15, 0.2) is 24.3 Å². The average molecular weight is 244 g/mol. The maximum Gasteiger partial charge on any atom is 0.204 e. The summed E-state index contributed by atoms with van der Waals surface area (Å²) in [4.78, 5) is 2.33. The zero-order valence-electron chi connectivity index (χ0n) is 10.3. The summed E-state index contributed by atoms with van der Waals surface area (Å²) in [5, 5.41) is 17.6. The molecule has 1 unspecified atom stereocenters. The summed E-state index contributed by atoms with van der Waals surface area (Å²) in [6.07, 6.45) is 1.18. The van der Waals surface area contributed by atoms with Gasteiger partial charge in [-0.25, -0.2) is 0 Å². The van der Waals surface area contributed by atoms with Gasteiger partial charge in [0.2, 0.25) is 5.82 Å². The highest BCUT2D eigenvalue weighted by Gasteiger charge is 2.19. The van der Waals surface area contributed by atoms with Gasteiger partial charge in [0.05, 0.1) is 0 Å². The maximum atomic E-state index is 3.99. The van der Waals surface area contributed by atoms with E-state index >= 15 is 0 Å². The summed E-state index contributed by atoms with van der Waals surface area (Å²) in [6, 6.07) is 8.64. The lowest BCUT2D eigenvalue weighted by Gasteiger charge is -2.14. The summed E-state index contributed by atoms with van der Waals surface area (Å²) in [5.74, 6) is 0.627. The number of anilines is 1. The molecule has 1 aliphatic rings. The molecule has 1 aromatic carbocycles. The Morgan fingerprint density at radius 1 is 1.44 bits per heavy atom. The van der Waals surface area contributed by atoms with Gasteiger partial charge < -0.3 is 10.2 Å². The molecule has 1 atom stereocenters. The van der Waals surface area contributed by atoms with E-state index in [-0.39, 0.29) is 0 Å². The van der Waals surface area contributed by atoms with Crippen LogP contribution in [-0.2, 0) is 0 Å². The molecule has 1 aliphatic heterocycles. The first-order valence-electron chi connectivity index (χ1n) is 6.10. The van der Waals surface area contributed by atoms with Crippen molar-refractivity contribution in [1.82, 2.24) is 25.5 Å². The van der Waals surface area contributed by atoms with Gasteiger partial charge in [-0.15, -0.1) is 10.2 Å². The van der Waals surface area contributed by atoms with E-state index in [0.717, 1.165) is 24.3 Å². The van der Waals surface area contributed by atoms with Gasteiger partial charge in [-0.1, -0.05) is 12.1 Å². The molecular weight excluding hydrogens is 228 g/mol. The van der Waals surface area contributed by atoms with Crippen molar-refractivity contribution in [3.8, 4) is 11.4 Å². The number of likely N-dealkylation sites (N-methyl/N-ethyl adjacent to an activating group) is 1. The Hall–Kier alpha value is -1.95. The molecule has 2 N–H and O–H groups in total. The van der Waals surface area contributed by atoms with Crippen LogP contribution in [0.1, 0.15) is 6.42 Å². The van der Waals surface area contributed by atoms with Gasteiger partial charge in [0.15, 0.2) is 0 Å². The molecule has 6 nitrogen and oxygen atoms in total. The SMILES string of the molecule is CN1CCC(Nc2cccc(-c3nn[nH]n3)c2)C1. The molecule has 0 spiro atoms. The first kappa shape index (κ1) is 11.2. The van der Waals surface area contributed by atoms with Crippen molar-refractivity contribution in [3.63, 3.8) is 0 Å². The molecule has 18 heavy (non-hydrogen) atoms. The molecule has 6 heteroatoms. The summed E-state index contributed by atoms with van der Waals surface area (Å²) in [7, 11) is 2.15. The van der Waals surface area contributed by atoms with E-state index in [4.69, 9.17) is 0 Å². The van der Waals surface area contributed by atoms with Crippen LogP contribution in [0.5, 0.6) is 0 Å². The normalized spacial score (nSPS) is 20.2. The lowest BCUT2D eigenvalue weighted by molar-refractivity contribution is 0.414. The fourth-order valence-electron chi connectivity index (χ4n) is 2.32. The molecule has 2 heterocycles. The van der Waals surface area contributed by atoms with Gasteiger partial charge in [-0.05, 0) is 37.4 Å². The molecule has 0 bridgehead atoms. The number of nitrogens with one attached hydrogen (secondary N) is 2. The van der Waals surface area contributed by atoms with Crippen molar-refractivity contribution in [2.75, 3.05) is 25.5 Å². The van der Waals surface area contributed by atoms with E-state index in [1.807, 2.05) is 12.1 Å². The van der Waals surface area contributed by atoms with Crippen molar-refractivity contribution in [3.05, 3.63) is 24.3 Å². The third-order valence-electron chi connectivity index (χ3n) is 3.23. The van der Waals surface area contributed by atoms with Crippen LogP contribution >= 0.6 is 0 Å². The number of aromatic nitrogens is 4. The minimum absolute atomic E-state index is 0.524. The second-order valence-electron chi connectivity index (χ2n) is 4.71. The number of H-pyrrole nitrogens is 1. The number of hydrogen-bond acceptors (Lipinski definition) is 5. The van der Waals surface area contributed by atoms with E-state index in [1.54, 1.807) is 0 Å². The van der Waals surface area contributed by atoms with Crippen LogP contribution in [0.4, 0.5) is 5.69 Å². The van der Waals surface area contributed by atoms with Crippen LogP contribution in [0.25, 0.3) is 11.4 Å². The monoisotopic (exact) mass is 244 g/mol.